The standard InChI is InChI=1S/C67H42N2O/c1-2-15-43(16-3-1)44-29-31-46(32-30-44)50-17-5-10-25-61(50)68(48-36-33-45(34-37-48)47-35-39-55-54-20-7-13-28-64(54)70-65(55)41-47)49-38-40-52-51-18-4-8-22-57(51)67(60(52)42-49)58-23-9-12-27-63(58)69-62-26-11-6-19-53(62)56-21-14-24-59(67)66(56)69/h1-42H. The van der Waals surface area contributed by atoms with Gasteiger partial charge in [0, 0.05) is 38.5 Å². The molecule has 0 saturated carbocycles. The largest absolute Gasteiger partial charge is 0.456 e. The third kappa shape index (κ3) is 5.46. The van der Waals surface area contributed by atoms with Gasteiger partial charge >= 0.3 is 0 Å². The molecule has 0 N–H and O–H groups in total. The fraction of sp³-hybridized carbons (Fsp3) is 0.0149. The molecule has 1 spiro atoms. The second-order valence-corrected chi connectivity index (χ2v) is 18.7. The van der Waals surface area contributed by atoms with E-state index in [1.54, 1.807) is 0 Å². The van der Waals surface area contributed by atoms with Crippen LogP contribution in [-0.4, -0.2) is 4.57 Å². The summed E-state index contributed by atoms with van der Waals surface area (Å²) in [5, 5.41) is 4.81. The molecule has 0 radical (unpaired) electrons. The molecule has 0 bridgehead atoms. The SMILES string of the molecule is c1ccc(-c2ccc(-c3ccccc3N(c3ccc(-c4ccc5c(c4)oc4ccccc45)cc3)c3ccc4c(c3)C3(c5ccccc5-4)c4ccccc4-n4c5ccccc5c5cccc3c54)cc2)cc1. The third-order valence-electron chi connectivity index (χ3n) is 15.2. The first-order valence-corrected chi connectivity index (χ1v) is 24.2. The predicted molar refractivity (Wildman–Crippen MR) is 290 cm³/mol. The zero-order valence-electron chi connectivity index (χ0n) is 38.1. The third-order valence-corrected chi connectivity index (χ3v) is 15.2. The average Bonchev–Trinajstić information content (AvgIpc) is 4.08. The van der Waals surface area contributed by atoms with E-state index in [2.05, 4.69) is 252 Å². The van der Waals surface area contributed by atoms with Crippen molar-refractivity contribution in [3.63, 3.8) is 0 Å². The second-order valence-electron chi connectivity index (χ2n) is 18.7. The van der Waals surface area contributed by atoms with E-state index in [1.807, 2.05) is 12.1 Å². The van der Waals surface area contributed by atoms with Crippen LogP contribution in [0.5, 0.6) is 0 Å². The van der Waals surface area contributed by atoms with Crippen LogP contribution in [0.4, 0.5) is 17.1 Å². The first-order chi connectivity index (χ1) is 34.7. The Bertz CT molecular complexity index is 4240. The molecule has 11 aromatic carbocycles. The number of benzene rings is 11. The van der Waals surface area contributed by atoms with Crippen LogP contribution >= 0.6 is 0 Å². The molecule has 2 aliphatic rings. The number of para-hydroxylation sites is 5. The van der Waals surface area contributed by atoms with Crippen molar-refractivity contribution in [1.29, 1.82) is 0 Å². The number of aromatic nitrogens is 1. The molecule has 326 valence electrons. The van der Waals surface area contributed by atoms with Gasteiger partial charge in [-0.2, -0.15) is 0 Å². The van der Waals surface area contributed by atoms with E-state index in [1.165, 1.54) is 72.0 Å². The zero-order valence-corrected chi connectivity index (χ0v) is 38.1. The maximum atomic E-state index is 6.35. The van der Waals surface area contributed by atoms with E-state index in [4.69, 9.17) is 4.42 Å². The van der Waals surface area contributed by atoms with Crippen LogP contribution < -0.4 is 4.90 Å². The predicted octanol–water partition coefficient (Wildman–Crippen LogP) is 17.8. The van der Waals surface area contributed by atoms with Gasteiger partial charge in [0.15, 0.2) is 0 Å². The Morgan fingerprint density at radius 1 is 0.329 bits per heavy atom. The quantitative estimate of drug-likeness (QED) is 0.166. The lowest BCUT2D eigenvalue weighted by Crippen LogP contribution is -2.33. The molecule has 1 aliphatic carbocycles. The highest BCUT2D eigenvalue weighted by molar-refractivity contribution is 6.13. The molecular weight excluding hydrogens is 849 g/mol. The van der Waals surface area contributed by atoms with Crippen molar-refractivity contribution in [2.45, 2.75) is 5.41 Å². The molecule has 70 heavy (non-hydrogen) atoms. The van der Waals surface area contributed by atoms with Gasteiger partial charge in [-0.05, 0) is 122 Å². The van der Waals surface area contributed by atoms with E-state index in [-0.39, 0.29) is 0 Å². The summed E-state index contributed by atoms with van der Waals surface area (Å²) in [6, 6.07) is 93.7. The van der Waals surface area contributed by atoms with Crippen LogP contribution in [0.1, 0.15) is 22.3 Å². The van der Waals surface area contributed by atoms with Gasteiger partial charge in [0.1, 0.15) is 11.2 Å². The highest BCUT2D eigenvalue weighted by atomic mass is 16.3. The molecule has 3 heteroatoms. The maximum Gasteiger partial charge on any atom is 0.136 e. The van der Waals surface area contributed by atoms with Gasteiger partial charge in [0.05, 0.1) is 27.8 Å². The normalized spacial score (nSPS) is 14.3. The summed E-state index contributed by atoms with van der Waals surface area (Å²) >= 11 is 0. The molecule has 13 aromatic rings. The number of rotatable bonds is 6. The van der Waals surface area contributed by atoms with E-state index in [0.717, 1.165) is 61.3 Å². The molecule has 0 amide bonds. The number of fused-ring (bicyclic) bond motifs is 15. The molecule has 2 aromatic heterocycles. The topological polar surface area (TPSA) is 21.3 Å². The van der Waals surface area contributed by atoms with Crippen LogP contribution in [-0.2, 0) is 5.41 Å². The van der Waals surface area contributed by atoms with Gasteiger partial charge in [0.2, 0.25) is 0 Å². The average molecular weight is 891 g/mol. The fourth-order valence-electron chi connectivity index (χ4n) is 12.2. The van der Waals surface area contributed by atoms with Crippen molar-refractivity contribution in [3.05, 3.63) is 277 Å². The molecule has 0 saturated heterocycles. The van der Waals surface area contributed by atoms with Gasteiger partial charge < -0.3 is 13.9 Å². The summed E-state index contributed by atoms with van der Waals surface area (Å²) < 4.78 is 8.87. The minimum atomic E-state index is -0.583. The lowest BCUT2D eigenvalue weighted by atomic mass is 9.65. The van der Waals surface area contributed by atoms with Crippen molar-refractivity contribution in [2.24, 2.45) is 0 Å². The molecule has 15 rings (SSSR count). The molecule has 1 atom stereocenters. The van der Waals surface area contributed by atoms with Crippen molar-refractivity contribution < 1.29 is 4.42 Å². The first-order valence-electron chi connectivity index (χ1n) is 24.2. The molecule has 0 fully saturated rings. The summed E-state index contributed by atoms with van der Waals surface area (Å²) in [6.07, 6.45) is 0. The van der Waals surface area contributed by atoms with Crippen LogP contribution in [0.2, 0.25) is 0 Å². The Kier molecular flexibility index (Phi) is 8.28. The minimum absolute atomic E-state index is 0.583. The number of furan rings is 1. The summed E-state index contributed by atoms with van der Waals surface area (Å²) in [5.74, 6) is 0. The number of hydrogen-bond acceptors (Lipinski definition) is 2. The zero-order chi connectivity index (χ0) is 45.9. The molecular formula is C67H42N2O. The smallest absolute Gasteiger partial charge is 0.136 e. The summed E-state index contributed by atoms with van der Waals surface area (Å²) in [6.45, 7) is 0. The molecule has 1 unspecified atom stereocenters. The van der Waals surface area contributed by atoms with Crippen LogP contribution in [0, 0.1) is 0 Å². The highest BCUT2D eigenvalue weighted by Crippen LogP contribution is 2.62. The van der Waals surface area contributed by atoms with Gasteiger partial charge in [-0.3, -0.25) is 0 Å². The Hall–Kier alpha value is -9.18. The fourth-order valence-corrected chi connectivity index (χ4v) is 12.2. The monoisotopic (exact) mass is 890 g/mol. The number of nitrogens with zero attached hydrogens (tertiary/aromatic N) is 2. The van der Waals surface area contributed by atoms with Gasteiger partial charge in [-0.15, -0.1) is 0 Å². The highest BCUT2D eigenvalue weighted by Gasteiger charge is 2.51. The summed E-state index contributed by atoms with van der Waals surface area (Å²) in [7, 11) is 0. The van der Waals surface area contributed by atoms with E-state index < -0.39 is 5.41 Å². The molecule has 1 aliphatic heterocycles. The van der Waals surface area contributed by atoms with Gasteiger partial charge in [0.25, 0.3) is 0 Å². The summed E-state index contributed by atoms with van der Waals surface area (Å²) in [4.78, 5) is 2.47. The molecule has 3 heterocycles. The van der Waals surface area contributed by atoms with Crippen LogP contribution in [0.3, 0.4) is 0 Å². The van der Waals surface area contributed by atoms with Crippen LogP contribution in [0.15, 0.2) is 259 Å². The van der Waals surface area contributed by atoms with Crippen molar-refractivity contribution in [3.8, 4) is 50.2 Å². The van der Waals surface area contributed by atoms with Crippen molar-refractivity contribution in [2.75, 3.05) is 4.90 Å². The van der Waals surface area contributed by atoms with Gasteiger partial charge in [-0.25, -0.2) is 0 Å². The lowest BCUT2D eigenvalue weighted by Gasteiger charge is -2.40. The maximum absolute atomic E-state index is 6.35. The van der Waals surface area contributed by atoms with Crippen LogP contribution in [0.25, 0.3) is 93.9 Å². The van der Waals surface area contributed by atoms with Crippen molar-refractivity contribution in [1.82, 2.24) is 4.57 Å². The Morgan fingerprint density at radius 2 is 0.914 bits per heavy atom. The second kappa shape index (κ2) is 14.9. The Labute approximate surface area is 405 Å². The lowest BCUT2D eigenvalue weighted by molar-refractivity contribution is 0.669. The van der Waals surface area contributed by atoms with E-state index in [9.17, 15) is 0 Å². The Morgan fingerprint density at radius 3 is 1.79 bits per heavy atom. The Balaban J connectivity index is 0.953. The molecule has 3 nitrogen and oxygen atoms in total. The van der Waals surface area contributed by atoms with Gasteiger partial charge in [-0.1, -0.05) is 194 Å². The van der Waals surface area contributed by atoms with E-state index in [0.29, 0.717) is 0 Å². The van der Waals surface area contributed by atoms with E-state index >= 15 is 0 Å². The summed E-state index contributed by atoms with van der Waals surface area (Å²) in [5.41, 5.74) is 22.9. The number of hydrogen-bond donors (Lipinski definition) is 0. The number of anilines is 3. The van der Waals surface area contributed by atoms with Crippen molar-refractivity contribution >= 4 is 60.8 Å². The minimum Gasteiger partial charge on any atom is -0.456 e. The first kappa shape index (κ1) is 38.9.